The molecule has 0 unspecified atom stereocenters. The molecular weight excluding hydrogens is 282 g/mol. The number of ether oxygens (including phenoxy) is 1. The SMILES string of the molecule is COc1ccccc1-c1nc2cc(C)cnc2n1CC(=O)O. The number of pyridine rings is 1. The van der Waals surface area contributed by atoms with Crippen LogP contribution in [0.3, 0.4) is 0 Å². The zero-order valence-corrected chi connectivity index (χ0v) is 12.3. The number of para-hydroxylation sites is 1. The standard InChI is InChI=1S/C16H15N3O3/c1-10-7-12-16(17-8-10)19(9-14(20)21)15(18-12)11-5-3-4-6-13(11)22-2/h3-8H,9H2,1-2H3,(H,20,21). The molecule has 6 heteroatoms. The average Bonchev–Trinajstić information content (AvgIpc) is 2.84. The molecule has 0 saturated heterocycles. The summed E-state index contributed by atoms with van der Waals surface area (Å²) in [5.41, 5.74) is 2.93. The van der Waals surface area contributed by atoms with Gasteiger partial charge in [-0.2, -0.15) is 0 Å². The van der Waals surface area contributed by atoms with E-state index in [1.807, 2.05) is 37.3 Å². The highest BCUT2D eigenvalue weighted by atomic mass is 16.5. The molecule has 0 spiro atoms. The minimum absolute atomic E-state index is 0.208. The zero-order valence-electron chi connectivity index (χ0n) is 12.3. The van der Waals surface area contributed by atoms with Gasteiger partial charge in [0.25, 0.3) is 0 Å². The lowest BCUT2D eigenvalue weighted by Crippen LogP contribution is -2.11. The van der Waals surface area contributed by atoms with Gasteiger partial charge >= 0.3 is 5.97 Å². The predicted octanol–water partition coefficient (Wildman–Crippen LogP) is 2.50. The van der Waals surface area contributed by atoms with Crippen molar-refractivity contribution in [3.05, 3.63) is 42.1 Å². The van der Waals surface area contributed by atoms with Crippen LogP contribution < -0.4 is 4.74 Å². The molecule has 22 heavy (non-hydrogen) atoms. The van der Waals surface area contributed by atoms with Crippen LogP contribution in [-0.4, -0.2) is 32.7 Å². The molecule has 0 aliphatic carbocycles. The Kier molecular flexibility index (Phi) is 3.50. The molecule has 0 aliphatic heterocycles. The highest BCUT2D eigenvalue weighted by Crippen LogP contribution is 2.31. The van der Waals surface area contributed by atoms with Crippen molar-refractivity contribution < 1.29 is 14.6 Å². The lowest BCUT2D eigenvalue weighted by molar-refractivity contribution is -0.137. The zero-order chi connectivity index (χ0) is 15.7. The summed E-state index contributed by atoms with van der Waals surface area (Å²) in [6.07, 6.45) is 1.70. The van der Waals surface area contributed by atoms with Crippen LogP contribution in [0.2, 0.25) is 0 Å². The second-order valence-electron chi connectivity index (χ2n) is 4.97. The average molecular weight is 297 g/mol. The summed E-state index contributed by atoms with van der Waals surface area (Å²) in [7, 11) is 1.57. The number of aliphatic carboxylic acids is 1. The van der Waals surface area contributed by atoms with E-state index in [1.165, 1.54) is 0 Å². The third-order valence-corrected chi connectivity index (χ3v) is 3.36. The highest BCUT2D eigenvalue weighted by Gasteiger charge is 2.18. The van der Waals surface area contributed by atoms with Crippen molar-refractivity contribution in [3.63, 3.8) is 0 Å². The second-order valence-corrected chi connectivity index (χ2v) is 4.97. The number of imidazole rings is 1. The van der Waals surface area contributed by atoms with Crippen molar-refractivity contribution in [2.24, 2.45) is 0 Å². The molecule has 112 valence electrons. The summed E-state index contributed by atoms with van der Waals surface area (Å²) in [5.74, 6) is 0.229. The fourth-order valence-electron chi connectivity index (χ4n) is 2.43. The summed E-state index contributed by atoms with van der Waals surface area (Å²) in [5, 5.41) is 9.19. The maximum absolute atomic E-state index is 11.2. The Balaban J connectivity index is 2.29. The number of aromatic nitrogens is 3. The Morgan fingerprint density at radius 2 is 2.14 bits per heavy atom. The molecule has 3 aromatic rings. The number of carbonyl (C=O) groups is 1. The first-order chi connectivity index (χ1) is 10.6. The lowest BCUT2D eigenvalue weighted by Gasteiger charge is -2.09. The number of fused-ring (bicyclic) bond motifs is 1. The van der Waals surface area contributed by atoms with E-state index in [9.17, 15) is 9.90 Å². The number of benzene rings is 1. The van der Waals surface area contributed by atoms with Gasteiger partial charge in [-0.05, 0) is 30.7 Å². The van der Waals surface area contributed by atoms with Gasteiger partial charge in [-0.1, -0.05) is 12.1 Å². The van der Waals surface area contributed by atoms with Crippen molar-refractivity contribution in [1.82, 2.24) is 14.5 Å². The second kappa shape index (κ2) is 5.48. The van der Waals surface area contributed by atoms with E-state index >= 15 is 0 Å². The van der Waals surface area contributed by atoms with E-state index in [1.54, 1.807) is 17.9 Å². The summed E-state index contributed by atoms with van der Waals surface area (Å²) >= 11 is 0. The largest absolute Gasteiger partial charge is 0.496 e. The number of carboxylic acids is 1. The molecule has 0 aliphatic rings. The number of aryl methyl sites for hydroxylation is 1. The fourth-order valence-corrected chi connectivity index (χ4v) is 2.43. The van der Waals surface area contributed by atoms with Crippen LogP contribution in [0.5, 0.6) is 5.75 Å². The van der Waals surface area contributed by atoms with Gasteiger partial charge in [0.05, 0.1) is 12.7 Å². The predicted molar refractivity (Wildman–Crippen MR) is 81.9 cm³/mol. The van der Waals surface area contributed by atoms with Gasteiger partial charge in [0.2, 0.25) is 0 Å². The van der Waals surface area contributed by atoms with Gasteiger partial charge in [0.1, 0.15) is 23.6 Å². The molecule has 6 nitrogen and oxygen atoms in total. The van der Waals surface area contributed by atoms with Crippen LogP contribution in [0, 0.1) is 6.92 Å². The highest BCUT2D eigenvalue weighted by molar-refractivity contribution is 5.81. The van der Waals surface area contributed by atoms with E-state index in [0.717, 1.165) is 11.1 Å². The van der Waals surface area contributed by atoms with Gasteiger partial charge in [-0.25, -0.2) is 9.97 Å². The Bertz CT molecular complexity index is 855. The van der Waals surface area contributed by atoms with E-state index in [4.69, 9.17) is 4.74 Å². The van der Waals surface area contributed by atoms with Gasteiger partial charge < -0.3 is 9.84 Å². The van der Waals surface area contributed by atoms with Crippen molar-refractivity contribution in [2.75, 3.05) is 7.11 Å². The smallest absolute Gasteiger partial charge is 0.323 e. The minimum atomic E-state index is -0.946. The Hall–Kier alpha value is -2.89. The molecule has 0 radical (unpaired) electrons. The fraction of sp³-hybridized carbons (Fsp3) is 0.188. The summed E-state index contributed by atoms with van der Waals surface area (Å²) in [6.45, 7) is 1.71. The number of methoxy groups -OCH3 is 1. The monoisotopic (exact) mass is 297 g/mol. The van der Waals surface area contributed by atoms with Crippen LogP contribution in [-0.2, 0) is 11.3 Å². The van der Waals surface area contributed by atoms with E-state index in [-0.39, 0.29) is 6.54 Å². The summed E-state index contributed by atoms with van der Waals surface area (Å²) < 4.78 is 6.95. The first-order valence-corrected chi connectivity index (χ1v) is 6.78. The normalized spacial score (nSPS) is 10.8. The third kappa shape index (κ3) is 2.39. The molecule has 3 rings (SSSR count). The molecular formula is C16H15N3O3. The maximum atomic E-state index is 11.2. The van der Waals surface area contributed by atoms with Crippen LogP contribution in [0.15, 0.2) is 36.5 Å². The number of hydrogen-bond donors (Lipinski definition) is 1. The Labute approximate surface area is 127 Å². The summed E-state index contributed by atoms with van der Waals surface area (Å²) in [4.78, 5) is 20.1. The first kappa shape index (κ1) is 14.1. The minimum Gasteiger partial charge on any atom is -0.496 e. The molecule has 1 N–H and O–H groups in total. The quantitative estimate of drug-likeness (QED) is 0.800. The molecule has 1 aromatic carbocycles. The first-order valence-electron chi connectivity index (χ1n) is 6.78. The maximum Gasteiger partial charge on any atom is 0.323 e. The third-order valence-electron chi connectivity index (χ3n) is 3.36. The molecule has 0 fully saturated rings. The van der Waals surface area contributed by atoms with Crippen LogP contribution in [0.1, 0.15) is 5.56 Å². The lowest BCUT2D eigenvalue weighted by atomic mass is 10.2. The van der Waals surface area contributed by atoms with Gasteiger partial charge in [-0.15, -0.1) is 0 Å². The molecule has 0 atom stereocenters. The summed E-state index contributed by atoms with van der Waals surface area (Å²) in [6, 6.07) is 9.28. The van der Waals surface area contributed by atoms with Crippen molar-refractivity contribution in [1.29, 1.82) is 0 Å². The van der Waals surface area contributed by atoms with Gasteiger partial charge in [0, 0.05) is 6.20 Å². The van der Waals surface area contributed by atoms with Gasteiger partial charge in [0.15, 0.2) is 5.65 Å². The van der Waals surface area contributed by atoms with Crippen molar-refractivity contribution >= 4 is 17.1 Å². The van der Waals surface area contributed by atoms with E-state index < -0.39 is 5.97 Å². The number of hydrogen-bond acceptors (Lipinski definition) is 4. The molecule has 0 amide bonds. The molecule has 0 saturated carbocycles. The van der Waals surface area contributed by atoms with E-state index in [0.29, 0.717) is 22.7 Å². The van der Waals surface area contributed by atoms with Crippen molar-refractivity contribution in [2.45, 2.75) is 13.5 Å². The molecule has 2 aromatic heterocycles. The molecule has 0 bridgehead atoms. The van der Waals surface area contributed by atoms with Crippen LogP contribution >= 0.6 is 0 Å². The van der Waals surface area contributed by atoms with Crippen LogP contribution in [0.25, 0.3) is 22.6 Å². The Morgan fingerprint density at radius 3 is 2.86 bits per heavy atom. The number of rotatable bonds is 4. The van der Waals surface area contributed by atoms with E-state index in [2.05, 4.69) is 9.97 Å². The topological polar surface area (TPSA) is 77.2 Å². The van der Waals surface area contributed by atoms with Crippen molar-refractivity contribution in [3.8, 4) is 17.1 Å². The van der Waals surface area contributed by atoms with Gasteiger partial charge in [-0.3, -0.25) is 9.36 Å². The number of carboxylic acid groups (broad SMARTS) is 1. The molecule has 2 heterocycles. The Morgan fingerprint density at radius 1 is 1.36 bits per heavy atom. The van der Waals surface area contributed by atoms with Crippen LogP contribution in [0.4, 0.5) is 0 Å². The number of nitrogens with zero attached hydrogens (tertiary/aromatic N) is 3.